The number of hydrogen-bond acceptors (Lipinski definition) is 4. The van der Waals surface area contributed by atoms with Crippen molar-refractivity contribution in [2.24, 2.45) is 0 Å². The second-order valence-corrected chi connectivity index (χ2v) is 2.86. The number of hydrogen-bond donors (Lipinski definition) is 1. The molecule has 0 spiro atoms. The summed E-state index contributed by atoms with van der Waals surface area (Å²) < 4.78 is 4.95. The van der Waals surface area contributed by atoms with Crippen LogP contribution in [-0.4, -0.2) is 30.9 Å². The second kappa shape index (κ2) is 9.48. The maximum absolute atomic E-state index is 10.6. The SMILES string of the molecule is CCCCOOC=C(COCC)C(=O)O. The van der Waals surface area contributed by atoms with Crippen molar-refractivity contribution in [3.05, 3.63) is 11.8 Å². The number of carboxylic acids is 1. The van der Waals surface area contributed by atoms with E-state index in [2.05, 4.69) is 4.89 Å². The lowest BCUT2D eigenvalue weighted by Crippen LogP contribution is -2.09. The fourth-order valence-electron chi connectivity index (χ4n) is 0.702. The highest BCUT2D eigenvalue weighted by molar-refractivity contribution is 5.86. The van der Waals surface area contributed by atoms with Gasteiger partial charge in [0.25, 0.3) is 0 Å². The molecule has 0 radical (unpaired) electrons. The number of unbranched alkanes of at least 4 members (excludes halogenated alkanes) is 1. The van der Waals surface area contributed by atoms with Crippen molar-refractivity contribution < 1.29 is 24.4 Å². The summed E-state index contributed by atoms with van der Waals surface area (Å²) in [6, 6.07) is 0. The molecule has 5 nitrogen and oxygen atoms in total. The molecule has 1 N–H and O–H groups in total. The summed E-state index contributed by atoms with van der Waals surface area (Å²) in [5, 5.41) is 8.72. The van der Waals surface area contributed by atoms with Crippen LogP contribution in [0.1, 0.15) is 26.7 Å². The van der Waals surface area contributed by atoms with E-state index in [1.54, 1.807) is 6.92 Å². The molecule has 88 valence electrons. The van der Waals surface area contributed by atoms with Crippen LogP contribution in [0.25, 0.3) is 0 Å². The molecule has 0 saturated carbocycles. The van der Waals surface area contributed by atoms with Crippen LogP contribution in [0.3, 0.4) is 0 Å². The molecule has 0 aliphatic heterocycles. The smallest absolute Gasteiger partial charge is 0.337 e. The maximum atomic E-state index is 10.6. The first-order valence-electron chi connectivity index (χ1n) is 5.00. The van der Waals surface area contributed by atoms with E-state index < -0.39 is 5.97 Å². The van der Waals surface area contributed by atoms with Crippen LogP contribution in [0, 0.1) is 0 Å². The van der Waals surface area contributed by atoms with Crippen LogP contribution < -0.4 is 0 Å². The van der Waals surface area contributed by atoms with Crippen molar-refractivity contribution in [2.75, 3.05) is 19.8 Å². The highest BCUT2D eigenvalue weighted by Gasteiger charge is 2.07. The Bertz CT molecular complexity index is 200. The molecular weight excluding hydrogens is 200 g/mol. The number of carboxylic acid groups (broad SMARTS) is 1. The molecule has 5 heteroatoms. The average molecular weight is 218 g/mol. The Morgan fingerprint density at radius 2 is 2.13 bits per heavy atom. The second-order valence-electron chi connectivity index (χ2n) is 2.86. The molecule has 0 bridgehead atoms. The van der Waals surface area contributed by atoms with Crippen molar-refractivity contribution in [2.45, 2.75) is 26.7 Å². The zero-order chi connectivity index (χ0) is 11.5. The predicted molar refractivity (Wildman–Crippen MR) is 54.2 cm³/mol. The fourth-order valence-corrected chi connectivity index (χ4v) is 0.702. The predicted octanol–water partition coefficient (Wildman–Crippen LogP) is 1.74. The van der Waals surface area contributed by atoms with Gasteiger partial charge in [-0.2, -0.15) is 4.89 Å². The van der Waals surface area contributed by atoms with Gasteiger partial charge in [0, 0.05) is 6.61 Å². The third-order valence-corrected chi connectivity index (χ3v) is 1.58. The van der Waals surface area contributed by atoms with E-state index in [-0.39, 0.29) is 12.2 Å². The van der Waals surface area contributed by atoms with Gasteiger partial charge in [-0.3, -0.25) is 0 Å². The first-order chi connectivity index (χ1) is 7.22. The molecule has 0 saturated heterocycles. The molecule has 0 heterocycles. The van der Waals surface area contributed by atoms with Crippen molar-refractivity contribution in [3.63, 3.8) is 0 Å². The first kappa shape index (κ1) is 13.9. The van der Waals surface area contributed by atoms with E-state index in [1.807, 2.05) is 6.92 Å². The van der Waals surface area contributed by atoms with Gasteiger partial charge >= 0.3 is 5.97 Å². The molecular formula is C10H18O5. The maximum Gasteiger partial charge on any atom is 0.337 e. The molecule has 0 unspecified atom stereocenters. The lowest BCUT2D eigenvalue weighted by atomic mass is 10.3. The number of rotatable bonds is 9. The molecule has 0 amide bonds. The summed E-state index contributed by atoms with van der Waals surface area (Å²) in [5.41, 5.74) is 0.0355. The number of ether oxygens (including phenoxy) is 1. The van der Waals surface area contributed by atoms with Crippen LogP contribution in [-0.2, 0) is 19.3 Å². The van der Waals surface area contributed by atoms with Gasteiger partial charge in [0.1, 0.15) is 11.8 Å². The molecule has 0 aromatic rings. The molecule has 0 aliphatic carbocycles. The largest absolute Gasteiger partial charge is 0.478 e. The lowest BCUT2D eigenvalue weighted by Gasteiger charge is -2.03. The van der Waals surface area contributed by atoms with Gasteiger partial charge in [0.2, 0.25) is 0 Å². The zero-order valence-corrected chi connectivity index (χ0v) is 9.19. The third-order valence-electron chi connectivity index (χ3n) is 1.58. The van der Waals surface area contributed by atoms with Gasteiger partial charge in [-0.05, 0) is 13.3 Å². The summed E-state index contributed by atoms with van der Waals surface area (Å²) in [7, 11) is 0. The third kappa shape index (κ3) is 7.96. The van der Waals surface area contributed by atoms with Crippen LogP contribution in [0.2, 0.25) is 0 Å². The first-order valence-corrected chi connectivity index (χ1v) is 5.00. The minimum atomic E-state index is -1.07. The van der Waals surface area contributed by atoms with Gasteiger partial charge in [-0.15, -0.1) is 0 Å². The van der Waals surface area contributed by atoms with Crippen molar-refractivity contribution in [3.8, 4) is 0 Å². The quantitative estimate of drug-likeness (QED) is 0.210. The van der Waals surface area contributed by atoms with Gasteiger partial charge in [-0.25, -0.2) is 4.79 Å². The molecule has 0 fully saturated rings. The van der Waals surface area contributed by atoms with Gasteiger partial charge in [0.15, 0.2) is 0 Å². The lowest BCUT2D eigenvalue weighted by molar-refractivity contribution is -0.250. The average Bonchev–Trinajstić information content (AvgIpc) is 2.21. The monoisotopic (exact) mass is 218 g/mol. The van der Waals surface area contributed by atoms with Crippen molar-refractivity contribution in [1.82, 2.24) is 0 Å². The Labute approximate surface area is 89.6 Å². The Morgan fingerprint density at radius 1 is 1.40 bits per heavy atom. The standard InChI is InChI=1S/C10H18O5/c1-3-5-6-14-15-8-9(10(11)12)7-13-4-2/h8H,3-7H2,1-2H3,(H,11,12). The Kier molecular flexibility index (Phi) is 8.81. The summed E-state index contributed by atoms with van der Waals surface area (Å²) in [5.74, 6) is -1.07. The summed E-state index contributed by atoms with van der Waals surface area (Å²) >= 11 is 0. The van der Waals surface area contributed by atoms with Crippen molar-refractivity contribution in [1.29, 1.82) is 0 Å². The molecule has 0 aromatic heterocycles. The summed E-state index contributed by atoms with van der Waals surface area (Å²) in [6.07, 6.45) is 2.94. The van der Waals surface area contributed by atoms with Crippen LogP contribution in [0.5, 0.6) is 0 Å². The zero-order valence-electron chi connectivity index (χ0n) is 9.19. The van der Waals surface area contributed by atoms with Crippen LogP contribution in [0.4, 0.5) is 0 Å². The van der Waals surface area contributed by atoms with E-state index >= 15 is 0 Å². The molecule has 0 atom stereocenters. The molecule has 0 rings (SSSR count). The minimum Gasteiger partial charge on any atom is -0.478 e. The van der Waals surface area contributed by atoms with E-state index in [1.165, 1.54) is 0 Å². The van der Waals surface area contributed by atoms with Gasteiger partial charge in [0.05, 0.1) is 13.2 Å². The van der Waals surface area contributed by atoms with Gasteiger partial charge in [-0.1, -0.05) is 13.3 Å². The number of carbonyl (C=O) groups is 1. The highest BCUT2D eigenvalue weighted by atomic mass is 17.2. The minimum absolute atomic E-state index is 0.0168. The number of aliphatic carboxylic acids is 1. The molecule has 0 aromatic carbocycles. The Balaban J connectivity index is 3.79. The normalized spacial score (nSPS) is 11.5. The topological polar surface area (TPSA) is 65.0 Å². The van der Waals surface area contributed by atoms with Crippen molar-refractivity contribution >= 4 is 5.97 Å². The van der Waals surface area contributed by atoms with E-state index in [4.69, 9.17) is 14.7 Å². The molecule has 15 heavy (non-hydrogen) atoms. The van der Waals surface area contributed by atoms with E-state index in [9.17, 15) is 4.79 Å². The Hall–Kier alpha value is -1.07. The van der Waals surface area contributed by atoms with Crippen LogP contribution in [0.15, 0.2) is 11.8 Å². The van der Waals surface area contributed by atoms with E-state index in [0.29, 0.717) is 13.2 Å². The Morgan fingerprint density at radius 3 is 2.67 bits per heavy atom. The molecule has 0 aliphatic rings. The van der Waals surface area contributed by atoms with Gasteiger partial charge < -0.3 is 14.7 Å². The van der Waals surface area contributed by atoms with E-state index in [0.717, 1.165) is 19.1 Å². The van der Waals surface area contributed by atoms with Crippen LogP contribution >= 0.6 is 0 Å². The fraction of sp³-hybridized carbons (Fsp3) is 0.700. The summed E-state index contributed by atoms with van der Waals surface area (Å²) in [4.78, 5) is 20.0. The summed E-state index contributed by atoms with van der Waals surface area (Å²) in [6.45, 7) is 4.74. The highest BCUT2D eigenvalue weighted by Crippen LogP contribution is 1.98.